The van der Waals surface area contributed by atoms with E-state index >= 15 is 0 Å². The predicted octanol–water partition coefficient (Wildman–Crippen LogP) is 2.60. The number of Topliss-reactive ketones (excluding diaryl/α,β-unsaturated/α-hetero) is 1. The van der Waals surface area contributed by atoms with Gasteiger partial charge in [-0.1, -0.05) is 0 Å². The van der Waals surface area contributed by atoms with Gasteiger partial charge in [0, 0.05) is 32.0 Å². The molecule has 1 atom stereocenters. The molecule has 1 heterocycles. The summed E-state index contributed by atoms with van der Waals surface area (Å²) in [5, 5.41) is 0. The van der Waals surface area contributed by atoms with E-state index in [1.807, 2.05) is 0 Å². The molecule has 1 aliphatic rings. The highest BCUT2D eigenvalue weighted by molar-refractivity contribution is 6.00. The molecule has 7 heteroatoms. The van der Waals surface area contributed by atoms with Gasteiger partial charge in [0.2, 0.25) is 5.91 Å². The molecule has 1 aliphatic heterocycles. The standard InChI is InChI=1S/C19H24FNO5/c1-4-25-19(24)12(2)26-17-11-15(20)5-6-16(17)18(23)14-7-9-21(10-8-14)13(3)22/h5-6,11-12,14H,4,7-10H2,1-3H3. The maximum atomic E-state index is 13.6. The topological polar surface area (TPSA) is 72.9 Å². The van der Waals surface area contributed by atoms with Gasteiger partial charge in [-0.3, -0.25) is 9.59 Å². The summed E-state index contributed by atoms with van der Waals surface area (Å²) in [7, 11) is 0. The zero-order chi connectivity index (χ0) is 19.3. The van der Waals surface area contributed by atoms with E-state index in [1.165, 1.54) is 26.0 Å². The third kappa shape index (κ3) is 4.80. The van der Waals surface area contributed by atoms with Gasteiger partial charge in [-0.25, -0.2) is 9.18 Å². The molecule has 142 valence electrons. The van der Waals surface area contributed by atoms with E-state index in [0.717, 1.165) is 6.07 Å². The van der Waals surface area contributed by atoms with Gasteiger partial charge in [0.15, 0.2) is 11.9 Å². The number of likely N-dealkylation sites (tertiary alicyclic amines) is 1. The summed E-state index contributed by atoms with van der Waals surface area (Å²) in [6.45, 7) is 5.91. The molecule has 1 aromatic carbocycles. The number of nitrogens with zero attached hydrogens (tertiary/aromatic N) is 1. The summed E-state index contributed by atoms with van der Waals surface area (Å²) in [6.07, 6.45) is 0.133. The summed E-state index contributed by atoms with van der Waals surface area (Å²) in [5.74, 6) is -1.55. The van der Waals surface area contributed by atoms with E-state index in [0.29, 0.717) is 25.9 Å². The fraction of sp³-hybridized carbons (Fsp3) is 0.526. The van der Waals surface area contributed by atoms with Gasteiger partial charge in [-0.05, 0) is 38.8 Å². The van der Waals surface area contributed by atoms with Crippen LogP contribution in [-0.4, -0.2) is 48.4 Å². The highest BCUT2D eigenvalue weighted by Crippen LogP contribution is 2.28. The van der Waals surface area contributed by atoms with Gasteiger partial charge in [0.05, 0.1) is 12.2 Å². The second-order valence-corrected chi connectivity index (χ2v) is 6.30. The molecule has 26 heavy (non-hydrogen) atoms. The van der Waals surface area contributed by atoms with Crippen molar-refractivity contribution in [2.75, 3.05) is 19.7 Å². The number of carbonyl (C=O) groups excluding carboxylic acids is 3. The van der Waals surface area contributed by atoms with E-state index in [-0.39, 0.29) is 35.5 Å². The van der Waals surface area contributed by atoms with E-state index < -0.39 is 17.9 Å². The highest BCUT2D eigenvalue weighted by atomic mass is 19.1. The van der Waals surface area contributed by atoms with Crippen molar-refractivity contribution in [2.24, 2.45) is 5.92 Å². The summed E-state index contributed by atoms with van der Waals surface area (Å²) in [4.78, 5) is 37.7. The van der Waals surface area contributed by atoms with Crippen LogP contribution >= 0.6 is 0 Å². The Morgan fingerprint density at radius 1 is 1.27 bits per heavy atom. The monoisotopic (exact) mass is 365 g/mol. The number of hydrogen-bond acceptors (Lipinski definition) is 5. The van der Waals surface area contributed by atoms with Crippen LogP contribution in [0.25, 0.3) is 0 Å². The first-order valence-corrected chi connectivity index (χ1v) is 8.76. The number of esters is 1. The lowest BCUT2D eigenvalue weighted by atomic mass is 9.88. The van der Waals surface area contributed by atoms with Gasteiger partial charge < -0.3 is 14.4 Å². The molecule has 0 bridgehead atoms. The molecule has 0 radical (unpaired) electrons. The fourth-order valence-electron chi connectivity index (χ4n) is 2.97. The molecule has 1 fully saturated rings. The number of halogens is 1. The number of rotatable bonds is 6. The predicted molar refractivity (Wildman–Crippen MR) is 92.4 cm³/mol. The summed E-state index contributed by atoms with van der Waals surface area (Å²) < 4.78 is 24.0. The van der Waals surface area contributed by atoms with Crippen molar-refractivity contribution in [1.29, 1.82) is 0 Å². The largest absolute Gasteiger partial charge is 0.478 e. The molecule has 1 aromatic rings. The Morgan fingerprint density at radius 2 is 1.92 bits per heavy atom. The van der Waals surface area contributed by atoms with Crippen molar-refractivity contribution < 1.29 is 28.2 Å². The molecule has 0 aliphatic carbocycles. The molecule has 1 saturated heterocycles. The zero-order valence-corrected chi connectivity index (χ0v) is 15.3. The maximum Gasteiger partial charge on any atom is 0.347 e. The van der Waals surface area contributed by atoms with Gasteiger partial charge in [-0.15, -0.1) is 0 Å². The van der Waals surface area contributed by atoms with Crippen LogP contribution in [0.1, 0.15) is 44.0 Å². The lowest BCUT2D eigenvalue weighted by molar-refractivity contribution is -0.150. The fourth-order valence-corrected chi connectivity index (χ4v) is 2.97. The number of ether oxygens (including phenoxy) is 2. The molecule has 1 amide bonds. The van der Waals surface area contributed by atoms with Crippen molar-refractivity contribution in [3.8, 4) is 5.75 Å². The van der Waals surface area contributed by atoms with Crippen molar-refractivity contribution >= 4 is 17.7 Å². The lowest BCUT2D eigenvalue weighted by Crippen LogP contribution is -2.39. The highest BCUT2D eigenvalue weighted by Gasteiger charge is 2.29. The molecule has 0 aromatic heterocycles. The number of carbonyl (C=O) groups is 3. The van der Waals surface area contributed by atoms with Crippen LogP contribution in [0.5, 0.6) is 5.75 Å². The van der Waals surface area contributed by atoms with Gasteiger partial charge in [0.1, 0.15) is 11.6 Å². The van der Waals surface area contributed by atoms with Gasteiger partial charge >= 0.3 is 5.97 Å². The third-order valence-electron chi connectivity index (χ3n) is 4.44. The van der Waals surface area contributed by atoms with E-state index in [2.05, 4.69) is 0 Å². The van der Waals surface area contributed by atoms with Crippen LogP contribution < -0.4 is 4.74 Å². The SMILES string of the molecule is CCOC(=O)C(C)Oc1cc(F)ccc1C(=O)C1CCN(C(C)=O)CC1. The molecular weight excluding hydrogens is 341 g/mol. The average Bonchev–Trinajstić information content (AvgIpc) is 2.61. The van der Waals surface area contributed by atoms with E-state index in [9.17, 15) is 18.8 Å². The molecule has 0 N–H and O–H groups in total. The first-order valence-electron chi connectivity index (χ1n) is 8.76. The van der Waals surface area contributed by atoms with Crippen LogP contribution in [0.3, 0.4) is 0 Å². The number of piperidine rings is 1. The normalized spacial score (nSPS) is 16.1. The Kier molecular flexibility index (Phi) is 6.71. The number of benzene rings is 1. The number of hydrogen-bond donors (Lipinski definition) is 0. The minimum absolute atomic E-state index is 0.00929. The molecular formula is C19H24FNO5. The second kappa shape index (κ2) is 8.78. The Morgan fingerprint density at radius 3 is 2.50 bits per heavy atom. The van der Waals surface area contributed by atoms with Crippen molar-refractivity contribution in [3.63, 3.8) is 0 Å². The average molecular weight is 365 g/mol. The summed E-state index contributed by atoms with van der Waals surface area (Å²) >= 11 is 0. The lowest BCUT2D eigenvalue weighted by Gasteiger charge is -2.30. The maximum absolute atomic E-state index is 13.6. The number of amides is 1. The van der Waals surface area contributed by atoms with Crippen LogP contribution in [0, 0.1) is 11.7 Å². The smallest absolute Gasteiger partial charge is 0.347 e. The summed E-state index contributed by atoms with van der Waals surface area (Å²) in [5.41, 5.74) is 0.240. The zero-order valence-electron chi connectivity index (χ0n) is 15.3. The molecule has 2 rings (SSSR count). The summed E-state index contributed by atoms with van der Waals surface area (Å²) in [6, 6.07) is 3.68. The van der Waals surface area contributed by atoms with Crippen LogP contribution in [-0.2, 0) is 14.3 Å². The van der Waals surface area contributed by atoms with E-state index in [4.69, 9.17) is 9.47 Å². The first kappa shape index (κ1) is 19.9. The molecule has 0 spiro atoms. The Bertz CT molecular complexity index is 683. The second-order valence-electron chi connectivity index (χ2n) is 6.30. The van der Waals surface area contributed by atoms with Crippen LogP contribution in [0.2, 0.25) is 0 Å². The Hall–Kier alpha value is -2.44. The molecule has 0 saturated carbocycles. The molecule has 6 nitrogen and oxygen atoms in total. The van der Waals surface area contributed by atoms with Crippen molar-refractivity contribution in [1.82, 2.24) is 4.90 Å². The molecule has 1 unspecified atom stereocenters. The van der Waals surface area contributed by atoms with Gasteiger partial charge in [0.25, 0.3) is 0 Å². The quantitative estimate of drug-likeness (QED) is 0.572. The number of ketones is 1. The van der Waals surface area contributed by atoms with Crippen LogP contribution in [0.4, 0.5) is 4.39 Å². The Balaban J connectivity index is 2.15. The Labute approximate surface area is 152 Å². The minimum Gasteiger partial charge on any atom is -0.478 e. The van der Waals surface area contributed by atoms with E-state index in [1.54, 1.807) is 11.8 Å². The van der Waals surface area contributed by atoms with Crippen molar-refractivity contribution in [3.05, 3.63) is 29.6 Å². The first-order chi connectivity index (χ1) is 12.3. The van der Waals surface area contributed by atoms with Crippen LogP contribution in [0.15, 0.2) is 18.2 Å². The minimum atomic E-state index is -0.956. The van der Waals surface area contributed by atoms with Gasteiger partial charge in [-0.2, -0.15) is 0 Å². The van der Waals surface area contributed by atoms with Crippen molar-refractivity contribution in [2.45, 2.75) is 39.7 Å². The third-order valence-corrected chi connectivity index (χ3v) is 4.44.